The normalized spacial score (nSPS) is 12.5. The summed E-state index contributed by atoms with van der Waals surface area (Å²) in [6.45, 7) is 10.6. The van der Waals surface area contributed by atoms with E-state index in [0.717, 1.165) is 12.8 Å². The monoisotopic (exact) mass is 474 g/mol. The van der Waals surface area contributed by atoms with Gasteiger partial charge in [0, 0.05) is 45.9 Å². The van der Waals surface area contributed by atoms with Crippen molar-refractivity contribution in [1.29, 1.82) is 0 Å². The van der Waals surface area contributed by atoms with Gasteiger partial charge < -0.3 is 38.2 Å². The van der Waals surface area contributed by atoms with Crippen LogP contribution in [0.5, 0.6) is 0 Å². The fraction of sp³-hybridized carbons (Fsp3) is 1.00. The number of hydrogen-bond acceptors (Lipinski definition) is 8. The summed E-state index contributed by atoms with van der Waals surface area (Å²) in [5, 5.41) is 0. The van der Waals surface area contributed by atoms with Gasteiger partial charge in [-0.15, -0.1) is 0 Å². The summed E-state index contributed by atoms with van der Waals surface area (Å²) < 4.78 is 49.4. The fourth-order valence-electron chi connectivity index (χ4n) is 2.57. The summed E-state index contributed by atoms with van der Waals surface area (Å²) in [6, 6.07) is 0. The number of rotatable bonds is 24. The third kappa shape index (κ3) is 20.2. The zero-order valence-corrected chi connectivity index (χ0v) is 20.3. The molecule has 0 atom stereocenters. The molecule has 0 saturated heterocycles. The lowest BCUT2D eigenvalue weighted by Crippen LogP contribution is -2.41. The standard InChI is InChI=1S/C20H43O10P/c1-4-7-10-26-17-18-29-20(19-30-31(21,22)23,8-11-27-15-13-24-5-2)9-12-28-16-14-25-6-3/h4-19H2,1-3H3,(H2,21,22,23). The third-order valence-corrected chi connectivity index (χ3v) is 4.80. The average Bonchev–Trinajstić information content (AvgIpc) is 2.73. The molecule has 0 unspecified atom stereocenters. The van der Waals surface area contributed by atoms with E-state index >= 15 is 0 Å². The van der Waals surface area contributed by atoms with Gasteiger partial charge in [0.2, 0.25) is 0 Å². The zero-order chi connectivity index (χ0) is 23.3. The molecule has 0 radical (unpaired) electrons. The molecule has 0 aliphatic heterocycles. The first-order chi connectivity index (χ1) is 14.9. The first kappa shape index (κ1) is 30.9. The van der Waals surface area contributed by atoms with Gasteiger partial charge in [-0.25, -0.2) is 4.57 Å². The molecule has 2 N–H and O–H groups in total. The van der Waals surface area contributed by atoms with E-state index in [0.29, 0.717) is 78.9 Å². The molecule has 0 saturated carbocycles. The Hall–Kier alpha value is -0.130. The van der Waals surface area contributed by atoms with E-state index in [1.54, 1.807) is 0 Å². The second kappa shape index (κ2) is 20.5. The van der Waals surface area contributed by atoms with Crippen LogP contribution >= 0.6 is 7.82 Å². The highest BCUT2D eigenvalue weighted by atomic mass is 31.2. The molecule has 0 bridgehead atoms. The Morgan fingerprint density at radius 1 is 0.677 bits per heavy atom. The lowest BCUT2D eigenvalue weighted by molar-refractivity contribution is -0.122. The maximum atomic E-state index is 11.3. The van der Waals surface area contributed by atoms with Gasteiger partial charge in [0.05, 0.1) is 51.8 Å². The Labute approximate surface area is 187 Å². The molecule has 0 rings (SSSR count). The molecule has 0 amide bonds. The maximum absolute atomic E-state index is 11.3. The summed E-state index contributed by atoms with van der Waals surface area (Å²) in [4.78, 5) is 18.4. The summed E-state index contributed by atoms with van der Waals surface area (Å²) >= 11 is 0. The van der Waals surface area contributed by atoms with Crippen LogP contribution in [-0.4, -0.2) is 94.7 Å². The van der Waals surface area contributed by atoms with Crippen LogP contribution in [-0.2, 0) is 37.5 Å². The van der Waals surface area contributed by atoms with Gasteiger partial charge in [0.1, 0.15) is 0 Å². The van der Waals surface area contributed by atoms with Gasteiger partial charge in [0.25, 0.3) is 0 Å². The number of unbranched alkanes of at least 4 members (excludes halogenated alkanes) is 1. The van der Waals surface area contributed by atoms with Crippen LogP contribution in [0.2, 0.25) is 0 Å². The van der Waals surface area contributed by atoms with Crippen LogP contribution in [0, 0.1) is 0 Å². The van der Waals surface area contributed by atoms with E-state index < -0.39 is 13.4 Å². The quantitative estimate of drug-likeness (QED) is 0.159. The van der Waals surface area contributed by atoms with Crippen molar-refractivity contribution in [3.05, 3.63) is 0 Å². The maximum Gasteiger partial charge on any atom is 0.469 e. The largest absolute Gasteiger partial charge is 0.469 e. The SMILES string of the molecule is CCCCOCCOC(CCOCCOCC)(CCOCCOCC)COP(=O)(O)O. The molecule has 188 valence electrons. The molecule has 11 heteroatoms. The molecular weight excluding hydrogens is 431 g/mol. The number of hydrogen-bond donors (Lipinski definition) is 2. The Balaban J connectivity index is 4.82. The predicted octanol–water partition coefficient (Wildman–Crippen LogP) is 2.55. The first-order valence-corrected chi connectivity index (χ1v) is 12.6. The molecule has 0 spiro atoms. The first-order valence-electron chi connectivity index (χ1n) is 11.1. The van der Waals surface area contributed by atoms with Gasteiger partial charge in [-0.2, -0.15) is 0 Å². The van der Waals surface area contributed by atoms with Gasteiger partial charge in [-0.05, 0) is 20.3 Å². The van der Waals surface area contributed by atoms with Crippen LogP contribution in [0.4, 0.5) is 0 Å². The summed E-state index contributed by atoms with van der Waals surface area (Å²) in [6.07, 6.45) is 2.76. The molecule has 0 heterocycles. The molecule has 0 aliphatic carbocycles. The second-order valence-electron chi connectivity index (χ2n) is 6.88. The van der Waals surface area contributed by atoms with E-state index in [4.69, 9.17) is 32.9 Å². The van der Waals surface area contributed by atoms with Gasteiger partial charge >= 0.3 is 7.82 Å². The van der Waals surface area contributed by atoms with Gasteiger partial charge in [-0.1, -0.05) is 13.3 Å². The lowest BCUT2D eigenvalue weighted by Gasteiger charge is -2.34. The third-order valence-electron chi connectivity index (χ3n) is 4.33. The molecule has 0 aromatic rings. The minimum absolute atomic E-state index is 0.270. The Kier molecular flexibility index (Phi) is 20.4. The van der Waals surface area contributed by atoms with E-state index in [-0.39, 0.29) is 13.2 Å². The van der Waals surface area contributed by atoms with Crippen molar-refractivity contribution < 1.29 is 47.3 Å². The summed E-state index contributed by atoms with van der Waals surface area (Å²) in [5.41, 5.74) is -0.980. The predicted molar refractivity (Wildman–Crippen MR) is 116 cm³/mol. The molecule has 0 aromatic carbocycles. The van der Waals surface area contributed by atoms with Crippen molar-refractivity contribution in [2.45, 2.75) is 52.1 Å². The number of ether oxygens (including phenoxy) is 6. The number of phosphoric ester groups is 1. The lowest BCUT2D eigenvalue weighted by atomic mass is 9.97. The summed E-state index contributed by atoms with van der Waals surface area (Å²) in [5.74, 6) is 0. The van der Waals surface area contributed by atoms with Crippen LogP contribution in [0.3, 0.4) is 0 Å². The Morgan fingerprint density at radius 3 is 1.65 bits per heavy atom. The minimum atomic E-state index is -4.66. The molecule has 0 aliphatic rings. The minimum Gasteiger partial charge on any atom is -0.379 e. The van der Waals surface area contributed by atoms with Crippen molar-refractivity contribution in [3.63, 3.8) is 0 Å². The smallest absolute Gasteiger partial charge is 0.379 e. The highest BCUT2D eigenvalue weighted by Crippen LogP contribution is 2.38. The zero-order valence-electron chi connectivity index (χ0n) is 19.4. The second-order valence-corrected chi connectivity index (χ2v) is 8.12. The van der Waals surface area contributed by atoms with Crippen molar-refractivity contribution in [3.8, 4) is 0 Å². The van der Waals surface area contributed by atoms with Crippen molar-refractivity contribution >= 4 is 7.82 Å². The number of phosphoric acid groups is 1. The van der Waals surface area contributed by atoms with Crippen molar-refractivity contribution in [2.24, 2.45) is 0 Å². The van der Waals surface area contributed by atoms with Crippen LogP contribution < -0.4 is 0 Å². The van der Waals surface area contributed by atoms with Gasteiger partial charge in [-0.3, -0.25) is 4.52 Å². The van der Waals surface area contributed by atoms with Crippen LogP contribution in [0.1, 0.15) is 46.5 Å². The van der Waals surface area contributed by atoms with Crippen molar-refractivity contribution in [2.75, 3.05) is 79.3 Å². The van der Waals surface area contributed by atoms with E-state index in [9.17, 15) is 14.4 Å². The highest BCUT2D eigenvalue weighted by Gasteiger charge is 2.34. The summed E-state index contributed by atoms with van der Waals surface area (Å²) in [7, 11) is -4.66. The van der Waals surface area contributed by atoms with Crippen LogP contribution in [0.15, 0.2) is 0 Å². The molecular formula is C20H43O10P. The van der Waals surface area contributed by atoms with E-state index in [1.807, 2.05) is 13.8 Å². The molecule has 31 heavy (non-hydrogen) atoms. The Morgan fingerprint density at radius 2 is 1.16 bits per heavy atom. The fourth-order valence-corrected chi connectivity index (χ4v) is 2.97. The molecule has 0 fully saturated rings. The highest BCUT2D eigenvalue weighted by molar-refractivity contribution is 7.46. The topological polar surface area (TPSA) is 122 Å². The van der Waals surface area contributed by atoms with E-state index in [2.05, 4.69) is 6.92 Å². The average molecular weight is 475 g/mol. The molecule has 0 aromatic heterocycles. The van der Waals surface area contributed by atoms with Gasteiger partial charge in [0.15, 0.2) is 0 Å². The Bertz CT molecular complexity index is 391. The van der Waals surface area contributed by atoms with Crippen LogP contribution in [0.25, 0.3) is 0 Å². The van der Waals surface area contributed by atoms with Crippen molar-refractivity contribution in [1.82, 2.24) is 0 Å². The molecule has 10 nitrogen and oxygen atoms in total. The van der Waals surface area contributed by atoms with E-state index in [1.165, 1.54) is 0 Å².